The number of aromatic carboxylic acids is 1. The largest absolute Gasteiger partial charge is 0.478 e. The summed E-state index contributed by atoms with van der Waals surface area (Å²) in [6, 6.07) is 26.9. The molecule has 0 radical (unpaired) electrons. The summed E-state index contributed by atoms with van der Waals surface area (Å²) in [4.78, 5) is 18.2. The predicted octanol–water partition coefficient (Wildman–Crippen LogP) is 5.05. The third-order valence-electron chi connectivity index (χ3n) is 6.35. The van der Waals surface area contributed by atoms with Crippen molar-refractivity contribution in [3.05, 3.63) is 114 Å². The van der Waals surface area contributed by atoms with Gasteiger partial charge in [-0.2, -0.15) is 0 Å². The first-order valence-corrected chi connectivity index (χ1v) is 12.3. The Hall–Kier alpha value is -4.17. The number of nitrogens with one attached hydrogen (secondary N) is 2. The Balaban J connectivity index is 1.42. The molecule has 182 valence electrons. The molecule has 1 saturated heterocycles. The predicted molar refractivity (Wildman–Crippen MR) is 144 cm³/mol. The van der Waals surface area contributed by atoms with E-state index in [0.717, 1.165) is 42.3 Å². The summed E-state index contributed by atoms with van der Waals surface area (Å²) in [5, 5.41) is 17.0. The molecule has 1 aliphatic heterocycles. The second-order valence-corrected chi connectivity index (χ2v) is 9.01. The van der Waals surface area contributed by atoms with Crippen LogP contribution in [0.3, 0.4) is 0 Å². The number of para-hydroxylation sites is 1. The van der Waals surface area contributed by atoms with Crippen LogP contribution in [0.15, 0.2) is 97.3 Å². The van der Waals surface area contributed by atoms with Crippen molar-refractivity contribution in [1.82, 2.24) is 19.8 Å². The van der Waals surface area contributed by atoms with Gasteiger partial charge in [-0.3, -0.25) is 4.98 Å². The lowest BCUT2D eigenvalue weighted by molar-refractivity contribution is 0.0697. The highest BCUT2D eigenvalue weighted by molar-refractivity contribution is 7.80. The van der Waals surface area contributed by atoms with E-state index in [-0.39, 0.29) is 17.6 Å². The molecule has 7 nitrogen and oxygen atoms in total. The molecule has 8 heteroatoms. The van der Waals surface area contributed by atoms with Crippen molar-refractivity contribution >= 4 is 29.0 Å². The summed E-state index contributed by atoms with van der Waals surface area (Å²) in [5.74, 6) is -0.940. The zero-order chi connectivity index (χ0) is 24.9. The molecule has 0 aliphatic carbocycles. The number of carboxylic acids is 1. The SMILES string of the molecule is O=C(O)c1ccc(-n2cccc2[C@@H]2[C@@H](c3ccccn3)NC(=S)N2CCCNc2ccccc2)cc1. The smallest absolute Gasteiger partial charge is 0.335 e. The third-order valence-corrected chi connectivity index (χ3v) is 6.70. The fourth-order valence-electron chi connectivity index (χ4n) is 4.64. The van der Waals surface area contributed by atoms with Gasteiger partial charge in [-0.15, -0.1) is 0 Å². The number of anilines is 1. The summed E-state index contributed by atoms with van der Waals surface area (Å²) in [7, 11) is 0. The van der Waals surface area contributed by atoms with Crippen LogP contribution >= 0.6 is 12.2 Å². The first-order chi connectivity index (χ1) is 17.6. The number of aromatic nitrogens is 2. The maximum Gasteiger partial charge on any atom is 0.335 e. The van der Waals surface area contributed by atoms with E-state index in [1.54, 1.807) is 18.3 Å². The van der Waals surface area contributed by atoms with E-state index in [1.165, 1.54) is 0 Å². The fraction of sp³-hybridized carbons (Fsp3) is 0.179. The minimum Gasteiger partial charge on any atom is -0.478 e. The second kappa shape index (κ2) is 10.6. The van der Waals surface area contributed by atoms with Gasteiger partial charge in [0.2, 0.25) is 0 Å². The van der Waals surface area contributed by atoms with Crippen LogP contribution < -0.4 is 10.6 Å². The van der Waals surface area contributed by atoms with Crippen LogP contribution in [0.2, 0.25) is 0 Å². The van der Waals surface area contributed by atoms with Gasteiger partial charge in [-0.1, -0.05) is 24.3 Å². The summed E-state index contributed by atoms with van der Waals surface area (Å²) in [5.41, 5.74) is 4.22. The number of carboxylic acid groups (broad SMARTS) is 1. The van der Waals surface area contributed by atoms with Gasteiger partial charge in [0.25, 0.3) is 0 Å². The molecule has 0 spiro atoms. The first kappa shape index (κ1) is 23.6. The topological polar surface area (TPSA) is 82.4 Å². The van der Waals surface area contributed by atoms with E-state index in [1.807, 2.05) is 60.8 Å². The Morgan fingerprint density at radius 3 is 2.50 bits per heavy atom. The van der Waals surface area contributed by atoms with Crippen molar-refractivity contribution < 1.29 is 9.90 Å². The second-order valence-electron chi connectivity index (χ2n) is 8.62. The summed E-state index contributed by atoms with van der Waals surface area (Å²) < 4.78 is 2.09. The van der Waals surface area contributed by atoms with Gasteiger partial charge in [-0.25, -0.2) is 4.79 Å². The molecule has 2 aromatic heterocycles. The highest BCUT2D eigenvalue weighted by Gasteiger charge is 2.40. The number of carbonyl (C=O) groups is 1. The van der Waals surface area contributed by atoms with Gasteiger partial charge in [0, 0.05) is 42.6 Å². The van der Waals surface area contributed by atoms with Crippen molar-refractivity contribution in [3.8, 4) is 5.69 Å². The molecule has 0 bridgehead atoms. The van der Waals surface area contributed by atoms with E-state index in [9.17, 15) is 9.90 Å². The number of thiocarbonyl (C=S) groups is 1. The lowest BCUT2D eigenvalue weighted by atomic mass is 10.0. The molecule has 2 aromatic carbocycles. The van der Waals surface area contributed by atoms with Crippen LogP contribution in [0.1, 0.15) is 40.3 Å². The van der Waals surface area contributed by atoms with Crippen LogP contribution in [0.25, 0.3) is 5.69 Å². The summed E-state index contributed by atoms with van der Waals surface area (Å²) >= 11 is 5.81. The first-order valence-electron chi connectivity index (χ1n) is 11.9. The third kappa shape index (κ3) is 4.94. The minimum atomic E-state index is -0.940. The van der Waals surface area contributed by atoms with E-state index in [2.05, 4.69) is 43.3 Å². The minimum absolute atomic E-state index is 0.0849. The average Bonchev–Trinajstić information content (AvgIpc) is 3.52. The number of nitrogens with zero attached hydrogens (tertiary/aromatic N) is 3. The number of benzene rings is 2. The Kier molecular flexibility index (Phi) is 6.95. The van der Waals surface area contributed by atoms with Crippen LogP contribution in [0.5, 0.6) is 0 Å². The zero-order valence-corrected chi connectivity index (χ0v) is 20.4. The molecule has 0 amide bonds. The van der Waals surface area contributed by atoms with E-state index in [0.29, 0.717) is 5.11 Å². The van der Waals surface area contributed by atoms with Gasteiger partial charge in [0.15, 0.2) is 5.11 Å². The van der Waals surface area contributed by atoms with Gasteiger partial charge in [-0.05, 0) is 79.3 Å². The van der Waals surface area contributed by atoms with Crippen molar-refractivity contribution in [2.75, 3.05) is 18.4 Å². The Bertz CT molecular complexity index is 1330. The molecule has 3 heterocycles. The maximum atomic E-state index is 11.3. The Labute approximate surface area is 215 Å². The van der Waals surface area contributed by atoms with Gasteiger partial charge in [0.05, 0.1) is 23.3 Å². The van der Waals surface area contributed by atoms with Crippen LogP contribution in [-0.4, -0.2) is 43.7 Å². The molecule has 2 atom stereocenters. The molecule has 3 N–H and O–H groups in total. The Morgan fingerprint density at radius 2 is 1.78 bits per heavy atom. The highest BCUT2D eigenvalue weighted by Crippen LogP contribution is 2.39. The van der Waals surface area contributed by atoms with Crippen molar-refractivity contribution in [3.63, 3.8) is 0 Å². The van der Waals surface area contributed by atoms with Crippen LogP contribution in [0.4, 0.5) is 5.69 Å². The van der Waals surface area contributed by atoms with E-state index in [4.69, 9.17) is 12.2 Å². The standard InChI is InChI=1S/C28H27N5O2S/c34-27(35)20-12-14-22(15-13-20)32-18-6-11-24(32)26-25(23-10-4-5-16-30-23)31-28(36)33(26)19-7-17-29-21-8-2-1-3-9-21/h1-6,8-16,18,25-26,29H,7,17,19H2,(H,31,36)(H,34,35)/t25-,26-/m1/s1. The van der Waals surface area contributed by atoms with Crippen molar-refractivity contribution in [2.45, 2.75) is 18.5 Å². The molecule has 1 aliphatic rings. The molecule has 4 aromatic rings. The highest BCUT2D eigenvalue weighted by atomic mass is 32.1. The quantitative estimate of drug-likeness (QED) is 0.221. The number of hydrogen-bond donors (Lipinski definition) is 3. The lowest BCUT2D eigenvalue weighted by Gasteiger charge is -2.29. The van der Waals surface area contributed by atoms with Gasteiger partial charge >= 0.3 is 5.97 Å². The lowest BCUT2D eigenvalue weighted by Crippen LogP contribution is -2.32. The van der Waals surface area contributed by atoms with E-state index >= 15 is 0 Å². The van der Waals surface area contributed by atoms with Crippen molar-refractivity contribution in [1.29, 1.82) is 0 Å². The Morgan fingerprint density at radius 1 is 1.00 bits per heavy atom. The molecular formula is C28H27N5O2S. The number of rotatable bonds is 9. The van der Waals surface area contributed by atoms with Gasteiger partial charge in [0.1, 0.15) is 0 Å². The van der Waals surface area contributed by atoms with Gasteiger partial charge < -0.3 is 25.2 Å². The molecule has 36 heavy (non-hydrogen) atoms. The molecule has 5 rings (SSSR count). The normalized spacial score (nSPS) is 17.1. The fourth-order valence-corrected chi connectivity index (χ4v) is 4.97. The van der Waals surface area contributed by atoms with E-state index < -0.39 is 5.97 Å². The molecule has 0 unspecified atom stereocenters. The maximum absolute atomic E-state index is 11.3. The number of hydrogen-bond acceptors (Lipinski definition) is 4. The summed E-state index contributed by atoms with van der Waals surface area (Å²) in [6.07, 6.45) is 4.69. The summed E-state index contributed by atoms with van der Waals surface area (Å²) in [6.45, 7) is 1.59. The van der Waals surface area contributed by atoms with Crippen molar-refractivity contribution in [2.24, 2.45) is 0 Å². The molecule has 0 saturated carbocycles. The monoisotopic (exact) mass is 497 g/mol. The van der Waals surface area contributed by atoms with Crippen LogP contribution in [-0.2, 0) is 0 Å². The van der Waals surface area contributed by atoms with Crippen LogP contribution in [0, 0.1) is 0 Å². The number of pyridine rings is 1. The zero-order valence-electron chi connectivity index (χ0n) is 19.6. The average molecular weight is 498 g/mol. The molecule has 1 fully saturated rings. The molecular weight excluding hydrogens is 470 g/mol.